The molecule has 1 N–H and O–H groups in total. The van der Waals surface area contributed by atoms with Gasteiger partial charge in [0, 0.05) is 17.8 Å². The van der Waals surface area contributed by atoms with E-state index in [-0.39, 0.29) is 0 Å². The summed E-state index contributed by atoms with van der Waals surface area (Å²) in [5.74, 6) is 1.62. The zero-order valence-electron chi connectivity index (χ0n) is 12.1. The molecule has 2 aliphatic carbocycles. The van der Waals surface area contributed by atoms with E-state index in [4.69, 9.17) is 11.6 Å². The average Bonchev–Trinajstić information content (AvgIpc) is 2.49. The fourth-order valence-corrected chi connectivity index (χ4v) is 3.77. The van der Waals surface area contributed by atoms with E-state index in [0.29, 0.717) is 17.2 Å². The van der Waals surface area contributed by atoms with Crippen LogP contribution in [0.15, 0.2) is 6.20 Å². The second kappa shape index (κ2) is 6.75. The average molecular weight is 294 g/mol. The third kappa shape index (κ3) is 3.43. The Morgan fingerprint density at radius 3 is 2.30 bits per heavy atom. The van der Waals surface area contributed by atoms with Gasteiger partial charge in [-0.2, -0.15) is 0 Å². The number of aromatic nitrogens is 2. The first-order valence-corrected chi connectivity index (χ1v) is 8.49. The second-order valence-electron chi connectivity index (χ2n) is 6.26. The maximum atomic E-state index is 6.01. The zero-order valence-corrected chi connectivity index (χ0v) is 12.8. The van der Waals surface area contributed by atoms with Gasteiger partial charge >= 0.3 is 0 Å². The summed E-state index contributed by atoms with van der Waals surface area (Å²) in [5, 5.41) is 4.02. The minimum absolute atomic E-state index is 0.364. The Morgan fingerprint density at radius 1 is 0.950 bits per heavy atom. The molecular formula is C16H24ClN3. The molecule has 2 aliphatic rings. The molecule has 110 valence electrons. The van der Waals surface area contributed by atoms with Crippen LogP contribution in [-0.4, -0.2) is 16.0 Å². The molecule has 4 heteroatoms. The van der Waals surface area contributed by atoms with Gasteiger partial charge in [-0.25, -0.2) is 9.97 Å². The van der Waals surface area contributed by atoms with E-state index >= 15 is 0 Å². The lowest BCUT2D eigenvalue weighted by Crippen LogP contribution is -2.24. The molecule has 0 atom stereocenters. The Kier molecular flexibility index (Phi) is 4.77. The Hall–Kier alpha value is -0.830. The van der Waals surface area contributed by atoms with Crippen molar-refractivity contribution in [2.75, 3.05) is 5.32 Å². The lowest BCUT2D eigenvalue weighted by molar-refractivity contribution is 0.439. The first kappa shape index (κ1) is 14.1. The van der Waals surface area contributed by atoms with Crippen molar-refractivity contribution in [2.45, 2.75) is 76.2 Å². The van der Waals surface area contributed by atoms with Crippen LogP contribution in [0.4, 0.5) is 5.82 Å². The normalized spacial score (nSPS) is 21.9. The van der Waals surface area contributed by atoms with Crippen molar-refractivity contribution in [3.63, 3.8) is 0 Å². The van der Waals surface area contributed by atoms with Crippen molar-refractivity contribution >= 4 is 17.4 Å². The summed E-state index contributed by atoms with van der Waals surface area (Å²) in [6.45, 7) is 0. The van der Waals surface area contributed by atoms with E-state index < -0.39 is 0 Å². The van der Waals surface area contributed by atoms with Gasteiger partial charge in [-0.15, -0.1) is 0 Å². The van der Waals surface area contributed by atoms with E-state index in [9.17, 15) is 0 Å². The number of rotatable bonds is 3. The first-order valence-electron chi connectivity index (χ1n) is 8.12. The Bertz CT molecular complexity index is 437. The number of hydrogen-bond donors (Lipinski definition) is 1. The molecular weight excluding hydrogens is 270 g/mol. The first-order chi connectivity index (χ1) is 9.83. The molecule has 0 bridgehead atoms. The van der Waals surface area contributed by atoms with Crippen LogP contribution in [0.5, 0.6) is 0 Å². The third-order valence-corrected chi connectivity index (χ3v) is 4.96. The summed E-state index contributed by atoms with van der Waals surface area (Å²) in [4.78, 5) is 8.71. The van der Waals surface area contributed by atoms with Gasteiger partial charge in [0.05, 0.1) is 0 Å². The fraction of sp³-hybridized carbons (Fsp3) is 0.750. The van der Waals surface area contributed by atoms with E-state index in [1.165, 1.54) is 69.8 Å². The SMILES string of the molecule is Clc1ncc(C2CCCCC2)c(NC2CCCCC2)n1. The summed E-state index contributed by atoms with van der Waals surface area (Å²) >= 11 is 6.01. The van der Waals surface area contributed by atoms with Crippen molar-refractivity contribution in [1.82, 2.24) is 9.97 Å². The van der Waals surface area contributed by atoms with Crippen LogP contribution in [0.2, 0.25) is 5.28 Å². The summed E-state index contributed by atoms with van der Waals surface area (Å²) in [5.41, 5.74) is 1.29. The van der Waals surface area contributed by atoms with Crippen LogP contribution in [0, 0.1) is 0 Å². The Balaban J connectivity index is 1.77. The predicted octanol–water partition coefficient (Wildman–Crippen LogP) is 4.92. The summed E-state index contributed by atoms with van der Waals surface area (Å²) < 4.78 is 0. The van der Waals surface area contributed by atoms with Crippen LogP contribution < -0.4 is 5.32 Å². The highest BCUT2D eigenvalue weighted by molar-refractivity contribution is 6.28. The third-order valence-electron chi connectivity index (χ3n) is 4.78. The molecule has 1 aromatic heterocycles. The summed E-state index contributed by atoms with van der Waals surface area (Å²) in [6.07, 6.45) is 15.1. The number of halogens is 1. The fourth-order valence-electron chi connectivity index (χ4n) is 3.64. The Morgan fingerprint density at radius 2 is 1.60 bits per heavy atom. The molecule has 0 unspecified atom stereocenters. The summed E-state index contributed by atoms with van der Waals surface area (Å²) in [6, 6.07) is 0.567. The maximum Gasteiger partial charge on any atom is 0.224 e. The lowest BCUT2D eigenvalue weighted by Gasteiger charge is -2.27. The standard InChI is InChI=1S/C16H24ClN3/c17-16-18-11-14(12-7-3-1-4-8-12)15(20-16)19-13-9-5-2-6-10-13/h11-13H,1-10H2,(H,18,19,20). The van der Waals surface area contributed by atoms with Gasteiger partial charge in [0.1, 0.15) is 5.82 Å². The largest absolute Gasteiger partial charge is 0.367 e. The van der Waals surface area contributed by atoms with E-state index in [1.54, 1.807) is 0 Å². The quantitative estimate of drug-likeness (QED) is 0.804. The molecule has 0 amide bonds. The summed E-state index contributed by atoms with van der Waals surface area (Å²) in [7, 11) is 0. The van der Waals surface area contributed by atoms with Crippen LogP contribution >= 0.6 is 11.6 Å². The smallest absolute Gasteiger partial charge is 0.224 e. The molecule has 2 fully saturated rings. The highest BCUT2D eigenvalue weighted by Gasteiger charge is 2.22. The molecule has 0 aromatic carbocycles. The van der Waals surface area contributed by atoms with Crippen molar-refractivity contribution < 1.29 is 0 Å². The maximum absolute atomic E-state index is 6.01. The molecule has 0 radical (unpaired) electrons. The monoisotopic (exact) mass is 293 g/mol. The Labute approximate surface area is 126 Å². The van der Waals surface area contributed by atoms with E-state index in [2.05, 4.69) is 15.3 Å². The van der Waals surface area contributed by atoms with Gasteiger partial charge in [-0.1, -0.05) is 38.5 Å². The second-order valence-corrected chi connectivity index (χ2v) is 6.60. The highest BCUT2D eigenvalue weighted by Crippen LogP contribution is 2.36. The van der Waals surface area contributed by atoms with Crippen molar-refractivity contribution in [1.29, 1.82) is 0 Å². The molecule has 1 aromatic rings. The van der Waals surface area contributed by atoms with E-state index in [1.807, 2.05) is 6.20 Å². The lowest BCUT2D eigenvalue weighted by atomic mass is 9.84. The highest BCUT2D eigenvalue weighted by atomic mass is 35.5. The number of nitrogens with one attached hydrogen (secondary N) is 1. The number of anilines is 1. The van der Waals surface area contributed by atoms with Gasteiger partial charge in [0.25, 0.3) is 0 Å². The molecule has 1 heterocycles. The van der Waals surface area contributed by atoms with Crippen LogP contribution in [0.25, 0.3) is 0 Å². The molecule has 20 heavy (non-hydrogen) atoms. The number of nitrogens with zero attached hydrogens (tertiary/aromatic N) is 2. The van der Waals surface area contributed by atoms with Crippen LogP contribution in [0.1, 0.15) is 75.7 Å². The van der Waals surface area contributed by atoms with Crippen molar-refractivity contribution in [3.8, 4) is 0 Å². The van der Waals surface area contributed by atoms with Gasteiger partial charge in [-0.05, 0) is 43.2 Å². The van der Waals surface area contributed by atoms with Crippen LogP contribution in [-0.2, 0) is 0 Å². The molecule has 3 rings (SSSR count). The molecule has 0 aliphatic heterocycles. The molecule has 3 nitrogen and oxygen atoms in total. The van der Waals surface area contributed by atoms with Gasteiger partial charge < -0.3 is 5.32 Å². The minimum Gasteiger partial charge on any atom is -0.367 e. The molecule has 0 spiro atoms. The molecule has 0 saturated heterocycles. The van der Waals surface area contributed by atoms with Crippen molar-refractivity contribution in [3.05, 3.63) is 17.0 Å². The van der Waals surface area contributed by atoms with Gasteiger partial charge in [0.15, 0.2) is 0 Å². The van der Waals surface area contributed by atoms with Crippen molar-refractivity contribution in [2.24, 2.45) is 0 Å². The number of hydrogen-bond acceptors (Lipinski definition) is 3. The minimum atomic E-state index is 0.364. The zero-order chi connectivity index (χ0) is 13.8. The predicted molar refractivity (Wildman–Crippen MR) is 83.4 cm³/mol. The topological polar surface area (TPSA) is 37.8 Å². The van der Waals surface area contributed by atoms with Gasteiger partial charge in [0.2, 0.25) is 5.28 Å². The van der Waals surface area contributed by atoms with Crippen LogP contribution in [0.3, 0.4) is 0 Å². The van der Waals surface area contributed by atoms with E-state index in [0.717, 1.165) is 5.82 Å². The molecule has 2 saturated carbocycles. The van der Waals surface area contributed by atoms with Gasteiger partial charge in [-0.3, -0.25) is 0 Å².